The fourth-order valence-electron chi connectivity index (χ4n) is 6.48. The topological polar surface area (TPSA) is 51.8 Å². The largest absolute Gasteiger partial charge is 0.486 e. The smallest absolute Gasteiger partial charge is 0.216 e. The van der Waals surface area contributed by atoms with Gasteiger partial charge in [0.1, 0.15) is 0 Å². The molecule has 1 fully saturated rings. The predicted molar refractivity (Wildman–Crippen MR) is 194 cm³/mol. The number of fused-ring (bicyclic) bond motifs is 3. The second kappa shape index (κ2) is 14.8. The second-order valence-electron chi connectivity index (χ2n) is 14.7. The zero-order chi connectivity index (χ0) is 32.3. The van der Waals surface area contributed by atoms with Crippen LogP contribution in [0.2, 0.25) is 19.6 Å². The summed E-state index contributed by atoms with van der Waals surface area (Å²) in [5, 5.41) is 3.62. The predicted octanol–water partition coefficient (Wildman–Crippen LogP) is 10.4. The van der Waals surface area contributed by atoms with Crippen molar-refractivity contribution in [3.8, 4) is 22.5 Å². The Bertz CT molecular complexity index is 1920. The van der Waals surface area contributed by atoms with Gasteiger partial charge in [-0.1, -0.05) is 107 Å². The first kappa shape index (κ1) is 34.9. The van der Waals surface area contributed by atoms with Gasteiger partial charge in [-0.25, -0.2) is 4.98 Å². The Morgan fingerprint density at radius 1 is 0.830 bits per heavy atom. The van der Waals surface area contributed by atoms with Crippen LogP contribution in [-0.4, -0.2) is 23.0 Å². The number of hydrogen-bond acceptors (Lipinski definition) is 4. The van der Waals surface area contributed by atoms with Gasteiger partial charge in [0.15, 0.2) is 0 Å². The third kappa shape index (κ3) is 8.17. The van der Waals surface area contributed by atoms with Crippen LogP contribution in [0.1, 0.15) is 64.1 Å². The minimum absolute atomic E-state index is 0. The fraction of sp³-hybridized carbons (Fsp3) is 0.341. The van der Waals surface area contributed by atoms with Gasteiger partial charge in [0, 0.05) is 49.0 Å². The summed E-state index contributed by atoms with van der Waals surface area (Å²) >= 11 is 0. The van der Waals surface area contributed by atoms with E-state index >= 15 is 0 Å². The van der Waals surface area contributed by atoms with Crippen molar-refractivity contribution in [2.45, 2.75) is 84.4 Å². The zero-order valence-corrected chi connectivity index (χ0v) is 31.9. The molecule has 4 heterocycles. The molecule has 4 nitrogen and oxygen atoms in total. The Labute approximate surface area is 294 Å². The Balaban J connectivity index is 0.000000181. The number of aromatic nitrogens is 3. The monoisotopic (exact) mass is 816 g/mol. The molecule has 6 heteroatoms. The molecule has 1 aliphatic carbocycles. The Morgan fingerprint density at radius 2 is 1.62 bits per heavy atom. The van der Waals surface area contributed by atoms with E-state index in [-0.39, 0.29) is 25.5 Å². The molecular formula is C41H45IrN3OSi-2. The summed E-state index contributed by atoms with van der Waals surface area (Å²) in [5.74, 6) is 0.869. The molecule has 0 atom stereocenters. The molecule has 1 aliphatic rings. The van der Waals surface area contributed by atoms with Crippen molar-refractivity contribution in [1.29, 1.82) is 0 Å². The molecule has 0 bridgehead atoms. The average molecular weight is 816 g/mol. The molecule has 0 aliphatic heterocycles. The van der Waals surface area contributed by atoms with E-state index in [4.69, 9.17) is 14.4 Å². The molecular weight excluding hydrogens is 771 g/mol. The van der Waals surface area contributed by atoms with Gasteiger partial charge in [0.25, 0.3) is 0 Å². The van der Waals surface area contributed by atoms with Crippen molar-refractivity contribution >= 4 is 35.3 Å². The van der Waals surface area contributed by atoms with Crippen molar-refractivity contribution in [3.63, 3.8) is 0 Å². The van der Waals surface area contributed by atoms with Crippen LogP contribution < -0.4 is 5.19 Å². The Kier molecular flexibility index (Phi) is 11.0. The normalized spacial score (nSPS) is 14.0. The molecule has 0 N–H and O–H groups in total. The summed E-state index contributed by atoms with van der Waals surface area (Å²) in [6.45, 7) is 13.7. The van der Waals surface area contributed by atoms with Crippen LogP contribution in [0, 0.1) is 18.1 Å². The minimum Gasteiger partial charge on any atom is -0.486 e. The van der Waals surface area contributed by atoms with Crippen molar-refractivity contribution < 1.29 is 24.5 Å². The van der Waals surface area contributed by atoms with Crippen LogP contribution in [0.25, 0.3) is 44.6 Å². The third-order valence-electron chi connectivity index (χ3n) is 9.00. The standard InChI is InChI=1S/C21H28NSi.C20H17N2O.Ir/c1-23(2,3)21-16-22-20(18-12-8-5-9-13-18)15-19(21)14-17-10-6-4-7-11-17;1-20(2,3)17-11-10-14-13-7-6-8-15(16-9-4-5-12-21-16)18(13)23-19(14)22-17;/h5,8-9,12,15-17H,4,6-7,10-11,14H2,1-3H3;4-7,9-12H,1-3H3;/q2*-1;. The molecule has 7 rings (SSSR count). The van der Waals surface area contributed by atoms with Gasteiger partial charge < -0.3 is 14.4 Å². The van der Waals surface area contributed by atoms with E-state index in [9.17, 15) is 0 Å². The van der Waals surface area contributed by atoms with Crippen LogP contribution in [-0.2, 0) is 31.9 Å². The van der Waals surface area contributed by atoms with Gasteiger partial charge in [-0.15, -0.1) is 54.1 Å². The fourth-order valence-corrected chi connectivity index (χ4v) is 8.07. The summed E-state index contributed by atoms with van der Waals surface area (Å²) < 4.78 is 6.09. The minimum atomic E-state index is -1.36. The Hall–Kier alpha value is -3.44. The van der Waals surface area contributed by atoms with Crippen molar-refractivity contribution in [2.24, 2.45) is 5.92 Å². The zero-order valence-electron chi connectivity index (χ0n) is 28.5. The van der Waals surface area contributed by atoms with Gasteiger partial charge in [-0.05, 0) is 47.1 Å². The molecule has 0 saturated heterocycles. The van der Waals surface area contributed by atoms with Crippen LogP contribution >= 0.6 is 0 Å². The maximum Gasteiger partial charge on any atom is 0.216 e. The van der Waals surface area contributed by atoms with Crippen LogP contribution in [0.5, 0.6) is 0 Å². The molecule has 0 spiro atoms. The SMILES string of the molecule is CC(C)(C)c1ccc2c(n1)oc1c(-c3ccccn3)[c-]ccc12.C[Si](C)(C)c1cnc(-c2[c-]cccc2)cc1CC1CCCCC1.[Ir]. The van der Waals surface area contributed by atoms with E-state index in [1.165, 1.54) is 38.5 Å². The molecule has 245 valence electrons. The number of nitrogens with zero attached hydrogens (tertiary/aromatic N) is 3. The number of furan rings is 1. The number of rotatable bonds is 5. The van der Waals surface area contributed by atoms with Crippen molar-refractivity contribution in [2.75, 3.05) is 0 Å². The molecule has 47 heavy (non-hydrogen) atoms. The molecule has 4 aromatic heterocycles. The molecule has 2 aromatic carbocycles. The summed E-state index contributed by atoms with van der Waals surface area (Å²) in [6.07, 6.45) is 12.2. The summed E-state index contributed by atoms with van der Waals surface area (Å²) in [6, 6.07) is 31.0. The van der Waals surface area contributed by atoms with E-state index in [1.54, 1.807) is 16.9 Å². The average Bonchev–Trinajstić information content (AvgIpc) is 3.44. The van der Waals surface area contributed by atoms with Gasteiger partial charge in [-0.2, -0.15) is 0 Å². The number of benzene rings is 2. The van der Waals surface area contributed by atoms with Crippen molar-refractivity contribution in [1.82, 2.24) is 15.0 Å². The van der Waals surface area contributed by atoms with E-state index in [2.05, 4.69) is 94.1 Å². The molecule has 0 unspecified atom stereocenters. The third-order valence-corrected chi connectivity index (χ3v) is 11.1. The van der Waals surface area contributed by atoms with Crippen LogP contribution in [0.15, 0.2) is 89.6 Å². The van der Waals surface area contributed by atoms with Gasteiger partial charge >= 0.3 is 0 Å². The van der Waals surface area contributed by atoms with E-state index in [0.717, 1.165) is 50.5 Å². The quantitative estimate of drug-likeness (QED) is 0.129. The van der Waals surface area contributed by atoms with Gasteiger partial charge in [-0.3, -0.25) is 0 Å². The maximum absolute atomic E-state index is 6.09. The maximum atomic E-state index is 6.09. The number of hydrogen-bond donors (Lipinski definition) is 0. The summed E-state index contributed by atoms with van der Waals surface area (Å²) in [5.41, 5.74) is 7.95. The van der Waals surface area contributed by atoms with E-state index in [0.29, 0.717) is 5.71 Å². The number of pyridine rings is 3. The first-order valence-electron chi connectivity index (χ1n) is 16.7. The molecule has 1 saturated carbocycles. The van der Waals surface area contributed by atoms with Crippen molar-refractivity contribution in [3.05, 3.63) is 109 Å². The van der Waals surface area contributed by atoms with Gasteiger partial charge in [0.05, 0.1) is 13.7 Å². The molecule has 0 amide bonds. The van der Waals surface area contributed by atoms with E-state index < -0.39 is 8.07 Å². The second-order valence-corrected chi connectivity index (χ2v) is 19.7. The first-order chi connectivity index (χ1) is 22.1. The van der Waals surface area contributed by atoms with Crippen LogP contribution in [0.4, 0.5) is 0 Å². The van der Waals surface area contributed by atoms with Gasteiger partial charge in [0.2, 0.25) is 5.71 Å². The molecule has 6 aromatic rings. The Morgan fingerprint density at radius 3 is 2.30 bits per heavy atom. The van der Waals surface area contributed by atoms with E-state index in [1.807, 2.05) is 42.5 Å². The molecule has 1 radical (unpaired) electrons. The van der Waals surface area contributed by atoms with Crippen LogP contribution in [0.3, 0.4) is 0 Å². The first-order valence-corrected chi connectivity index (χ1v) is 20.2. The summed E-state index contributed by atoms with van der Waals surface area (Å²) in [7, 11) is -1.36. The summed E-state index contributed by atoms with van der Waals surface area (Å²) in [4.78, 5) is 13.9.